The first-order valence-electron chi connectivity index (χ1n) is 9.43. The normalized spacial score (nSPS) is 13.3. The van der Waals surface area contributed by atoms with E-state index in [1.54, 1.807) is 37.3 Å². The minimum Gasteiger partial charge on any atom is -0.493 e. The first-order valence-corrected chi connectivity index (χ1v) is 9.43. The van der Waals surface area contributed by atoms with Crippen molar-refractivity contribution in [1.82, 2.24) is 15.1 Å². The molecule has 2 heterocycles. The lowest BCUT2D eigenvalue weighted by molar-refractivity contribution is -0.143. The zero-order valence-electron chi connectivity index (χ0n) is 16.5. The van der Waals surface area contributed by atoms with Gasteiger partial charge in [-0.15, -0.1) is 0 Å². The molecule has 1 aliphatic rings. The predicted molar refractivity (Wildman–Crippen MR) is 106 cm³/mol. The van der Waals surface area contributed by atoms with Crippen molar-refractivity contribution in [2.75, 3.05) is 13.7 Å². The number of aryl methyl sites for hydroxylation is 1. The van der Waals surface area contributed by atoms with Crippen LogP contribution < -0.4 is 10.1 Å². The Bertz CT molecular complexity index is 1130. The molecule has 0 aliphatic carbocycles. The van der Waals surface area contributed by atoms with Crippen LogP contribution in [0.4, 0.5) is 4.39 Å². The summed E-state index contributed by atoms with van der Waals surface area (Å²) in [5.74, 6) is -0.762. The Hall–Kier alpha value is -3.68. The van der Waals surface area contributed by atoms with Gasteiger partial charge in [-0.25, -0.2) is 13.9 Å². The lowest BCUT2D eigenvalue weighted by atomic mass is 10.0. The highest BCUT2D eigenvalue weighted by Gasteiger charge is 2.27. The maximum atomic E-state index is 13.6. The Morgan fingerprint density at radius 3 is 2.83 bits per heavy atom. The Morgan fingerprint density at radius 1 is 1.23 bits per heavy atom. The van der Waals surface area contributed by atoms with E-state index in [0.717, 1.165) is 17.7 Å². The molecule has 1 aromatic heterocycles. The van der Waals surface area contributed by atoms with E-state index in [9.17, 15) is 14.0 Å². The summed E-state index contributed by atoms with van der Waals surface area (Å²) in [5, 5.41) is 6.97. The summed E-state index contributed by atoms with van der Waals surface area (Å²) in [6.45, 7) is 2.35. The molecule has 0 spiro atoms. The van der Waals surface area contributed by atoms with Crippen LogP contribution in [0, 0.1) is 12.7 Å². The molecule has 1 aliphatic heterocycles. The van der Waals surface area contributed by atoms with E-state index in [-0.39, 0.29) is 5.69 Å². The van der Waals surface area contributed by atoms with Gasteiger partial charge in [0.05, 0.1) is 19.4 Å². The van der Waals surface area contributed by atoms with Gasteiger partial charge >= 0.3 is 5.97 Å². The first kappa shape index (κ1) is 19.6. The smallest absolute Gasteiger partial charge is 0.333 e. The summed E-state index contributed by atoms with van der Waals surface area (Å²) in [6.07, 6.45) is 0.738. The average molecular weight is 409 g/mol. The summed E-state index contributed by atoms with van der Waals surface area (Å²) in [7, 11) is 1.26. The van der Waals surface area contributed by atoms with Gasteiger partial charge in [0, 0.05) is 12.1 Å². The summed E-state index contributed by atoms with van der Waals surface area (Å²) in [5.41, 5.74) is 2.82. The topological polar surface area (TPSA) is 82.5 Å². The van der Waals surface area contributed by atoms with Gasteiger partial charge in [0.25, 0.3) is 5.91 Å². The van der Waals surface area contributed by atoms with Crippen molar-refractivity contribution in [3.05, 3.63) is 76.9 Å². The van der Waals surface area contributed by atoms with Crippen molar-refractivity contribution in [2.24, 2.45) is 0 Å². The van der Waals surface area contributed by atoms with E-state index in [2.05, 4.69) is 10.4 Å². The van der Waals surface area contributed by atoms with E-state index in [1.807, 2.05) is 6.07 Å². The number of hydrogen-bond acceptors (Lipinski definition) is 5. The number of amides is 1. The second kappa shape index (κ2) is 7.98. The zero-order valence-corrected chi connectivity index (χ0v) is 16.5. The molecule has 1 atom stereocenters. The van der Waals surface area contributed by atoms with Crippen molar-refractivity contribution in [3.8, 4) is 11.4 Å². The Labute approximate surface area is 172 Å². The zero-order chi connectivity index (χ0) is 21.3. The monoisotopic (exact) mass is 409 g/mol. The maximum Gasteiger partial charge on any atom is 0.333 e. The number of carbonyl (C=O) groups excluding carboxylic acids is 2. The van der Waals surface area contributed by atoms with Crippen LogP contribution >= 0.6 is 0 Å². The molecule has 1 unspecified atom stereocenters. The van der Waals surface area contributed by atoms with Crippen molar-refractivity contribution in [2.45, 2.75) is 19.4 Å². The molecule has 154 valence electrons. The highest BCUT2D eigenvalue weighted by Crippen LogP contribution is 2.28. The molecule has 4 rings (SSSR count). The van der Waals surface area contributed by atoms with Crippen molar-refractivity contribution >= 4 is 11.9 Å². The Kier molecular flexibility index (Phi) is 5.22. The van der Waals surface area contributed by atoms with Crippen LogP contribution in [0.3, 0.4) is 0 Å². The van der Waals surface area contributed by atoms with Gasteiger partial charge in [0.2, 0.25) is 0 Å². The van der Waals surface area contributed by atoms with Crippen LogP contribution in [0.5, 0.6) is 5.75 Å². The first-order chi connectivity index (χ1) is 14.5. The minimum absolute atomic E-state index is 0.107. The SMILES string of the molecule is COC(=O)C(NC(=O)c1cc(C)n(-c2cccc(F)c2)n1)c1ccc2c(c1)CCO2. The molecule has 7 nitrogen and oxygen atoms in total. The third-order valence-electron chi connectivity index (χ3n) is 4.93. The number of ether oxygens (including phenoxy) is 2. The molecule has 2 aromatic carbocycles. The number of benzene rings is 2. The number of hydrogen-bond donors (Lipinski definition) is 1. The summed E-state index contributed by atoms with van der Waals surface area (Å²) >= 11 is 0. The molecule has 1 amide bonds. The third kappa shape index (κ3) is 3.76. The number of halogens is 1. The molecule has 0 saturated carbocycles. The fourth-order valence-electron chi connectivity index (χ4n) is 3.44. The third-order valence-corrected chi connectivity index (χ3v) is 4.93. The fraction of sp³-hybridized carbons (Fsp3) is 0.227. The highest BCUT2D eigenvalue weighted by molar-refractivity contribution is 5.95. The number of methoxy groups -OCH3 is 1. The predicted octanol–water partition coefficient (Wildman–Crippen LogP) is 2.90. The highest BCUT2D eigenvalue weighted by atomic mass is 19.1. The number of nitrogens with one attached hydrogen (secondary N) is 1. The largest absolute Gasteiger partial charge is 0.493 e. The number of fused-ring (bicyclic) bond motifs is 1. The fourth-order valence-corrected chi connectivity index (χ4v) is 3.44. The molecular formula is C22H20FN3O4. The molecule has 3 aromatic rings. The molecule has 8 heteroatoms. The number of rotatable bonds is 5. The van der Waals surface area contributed by atoms with Crippen LogP contribution in [0.1, 0.15) is 33.4 Å². The van der Waals surface area contributed by atoms with Crippen molar-refractivity contribution < 1.29 is 23.5 Å². The van der Waals surface area contributed by atoms with E-state index in [1.165, 1.54) is 23.9 Å². The van der Waals surface area contributed by atoms with Gasteiger partial charge in [-0.05, 0) is 54.4 Å². The number of esters is 1. The summed E-state index contributed by atoms with van der Waals surface area (Å²) in [4.78, 5) is 25.2. The Morgan fingerprint density at radius 2 is 2.07 bits per heavy atom. The van der Waals surface area contributed by atoms with Crippen LogP contribution in [-0.2, 0) is 16.0 Å². The molecule has 0 bridgehead atoms. The second-order valence-electron chi connectivity index (χ2n) is 6.96. The quantitative estimate of drug-likeness (QED) is 0.656. The van der Waals surface area contributed by atoms with Crippen LogP contribution in [-0.4, -0.2) is 35.4 Å². The lowest BCUT2D eigenvalue weighted by Gasteiger charge is -2.17. The molecule has 0 radical (unpaired) electrons. The number of aromatic nitrogens is 2. The van der Waals surface area contributed by atoms with E-state index in [0.29, 0.717) is 23.6 Å². The van der Waals surface area contributed by atoms with Crippen molar-refractivity contribution in [3.63, 3.8) is 0 Å². The molecule has 0 saturated heterocycles. The molecule has 1 N–H and O–H groups in total. The lowest BCUT2D eigenvalue weighted by Crippen LogP contribution is -2.34. The molecule has 0 fully saturated rings. The van der Waals surface area contributed by atoms with Crippen LogP contribution in [0.2, 0.25) is 0 Å². The number of carbonyl (C=O) groups is 2. The van der Waals surface area contributed by atoms with Gasteiger partial charge in [0.1, 0.15) is 11.6 Å². The molecule has 30 heavy (non-hydrogen) atoms. The standard InChI is InChI=1S/C22H20FN3O4/c1-13-10-18(25-26(13)17-5-3-4-16(23)12-17)21(27)24-20(22(28)29-2)15-6-7-19-14(11-15)8-9-30-19/h3-7,10-12,20H,8-9H2,1-2H3,(H,24,27). The average Bonchev–Trinajstić information content (AvgIpc) is 3.37. The Balaban J connectivity index is 1.60. The van der Waals surface area contributed by atoms with Crippen LogP contribution in [0.15, 0.2) is 48.5 Å². The van der Waals surface area contributed by atoms with E-state index < -0.39 is 23.7 Å². The minimum atomic E-state index is -0.993. The van der Waals surface area contributed by atoms with Crippen molar-refractivity contribution in [1.29, 1.82) is 0 Å². The van der Waals surface area contributed by atoms with Gasteiger partial charge in [-0.2, -0.15) is 5.10 Å². The maximum absolute atomic E-state index is 13.6. The summed E-state index contributed by atoms with van der Waals surface area (Å²) < 4.78 is 25.4. The van der Waals surface area contributed by atoms with Gasteiger partial charge in [-0.3, -0.25) is 4.79 Å². The van der Waals surface area contributed by atoms with E-state index >= 15 is 0 Å². The van der Waals surface area contributed by atoms with E-state index in [4.69, 9.17) is 9.47 Å². The number of nitrogens with zero attached hydrogens (tertiary/aromatic N) is 2. The second-order valence-corrected chi connectivity index (χ2v) is 6.96. The van der Waals surface area contributed by atoms with Crippen LogP contribution in [0.25, 0.3) is 5.69 Å². The molecular weight excluding hydrogens is 389 g/mol. The van der Waals surface area contributed by atoms with Gasteiger partial charge < -0.3 is 14.8 Å². The summed E-state index contributed by atoms with van der Waals surface area (Å²) in [6, 6.07) is 11.8. The van der Waals surface area contributed by atoms with Gasteiger partial charge in [-0.1, -0.05) is 12.1 Å². The van der Waals surface area contributed by atoms with Gasteiger partial charge in [0.15, 0.2) is 11.7 Å².